The summed E-state index contributed by atoms with van der Waals surface area (Å²) < 4.78 is 0.985. The van der Waals surface area contributed by atoms with Gasteiger partial charge in [0.05, 0.1) is 6.54 Å². The SMILES string of the molecule is O=C(CCn1nnc(-c2ccc(Br)cc2)n1)NCc1ccccc1Cl. The van der Waals surface area contributed by atoms with Crippen LogP contribution in [0.3, 0.4) is 0 Å². The quantitative estimate of drug-likeness (QED) is 0.663. The molecule has 2 aromatic carbocycles. The lowest BCUT2D eigenvalue weighted by Gasteiger charge is -2.06. The highest BCUT2D eigenvalue weighted by Gasteiger charge is 2.08. The average molecular weight is 421 g/mol. The first-order valence-electron chi connectivity index (χ1n) is 7.65. The molecule has 25 heavy (non-hydrogen) atoms. The van der Waals surface area contributed by atoms with E-state index < -0.39 is 0 Å². The van der Waals surface area contributed by atoms with E-state index in [1.54, 1.807) is 6.07 Å². The Hall–Kier alpha value is -2.25. The molecule has 6 nitrogen and oxygen atoms in total. The van der Waals surface area contributed by atoms with E-state index in [4.69, 9.17) is 11.6 Å². The summed E-state index contributed by atoms with van der Waals surface area (Å²) in [5.74, 6) is 0.436. The highest BCUT2D eigenvalue weighted by molar-refractivity contribution is 9.10. The van der Waals surface area contributed by atoms with Crippen LogP contribution in [0.5, 0.6) is 0 Å². The topological polar surface area (TPSA) is 72.7 Å². The molecule has 0 spiro atoms. The largest absolute Gasteiger partial charge is 0.352 e. The third kappa shape index (κ3) is 4.87. The maximum absolute atomic E-state index is 12.0. The zero-order valence-electron chi connectivity index (χ0n) is 13.2. The molecule has 0 fully saturated rings. The third-order valence-corrected chi connectivity index (χ3v) is 4.43. The Labute approximate surface area is 158 Å². The molecule has 1 amide bonds. The minimum absolute atomic E-state index is 0.0950. The number of aromatic nitrogens is 4. The van der Waals surface area contributed by atoms with E-state index in [1.807, 2.05) is 42.5 Å². The second-order valence-electron chi connectivity index (χ2n) is 5.33. The Kier molecular flexibility index (Phi) is 5.78. The number of nitrogens with zero attached hydrogens (tertiary/aromatic N) is 4. The molecule has 3 aromatic rings. The Balaban J connectivity index is 1.51. The van der Waals surface area contributed by atoms with Crippen molar-refractivity contribution < 1.29 is 4.79 Å². The Bertz CT molecular complexity index is 865. The number of rotatable bonds is 6. The fourth-order valence-corrected chi connectivity index (χ4v) is 2.64. The van der Waals surface area contributed by atoms with E-state index in [0.29, 0.717) is 23.9 Å². The summed E-state index contributed by atoms with van der Waals surface area (Å²) in [7, 11) is 0. The van der Waals surface area contributed by atoms with Gasteiger partial charge >= 0.3 is 0 Å². The number of aryl methyl sites for hydroxylation is 1. The van der Waals surface area contributed by atoms with Gasteiger partial charge in [0.15, 0.2) is 0 Å². The Morgan fingerprint density at radius 2 is 1.92 bits per heavy atom. The molecular weight excluding hydrogens is 406 g/mol. The summed E-state index contributed by atoms with van der Waals surface area (Å²) in [5.41, 5.74) is 1.76. The molecule has 1 heterocycles. The summed E-state index contributed by atoms with van der Waals surface area (Å²) in [4.78, 5) is 13.4. The molecule has 0 aliphatic heterocycles. The van der Waals surface area contributed by atoms with Crippen LogP contribution in [0.25, 0.3) is 11.4 Å². The van der Waals surface area contributed by atoms with Gasteiger partial charge < -0.3 is 5.32 Å². The Morgan fingerprint density at radius 3 is 2.68 bits per heavy atom. The molecule has 0 unspecified atom stereocenters. The van der Waals surface area contributed by atoms with Crippen LogP contribution in [0.1, 0.15) is 12.0 Å². The van der Waals surface area contributed by atoms with Crippen molar-refractivity contribution in [1.29, 1.82) is 0 Å². The first kappa shape index (κ1) is 17.6. The molecule has 0 saturated carbocycles. The molecule has 0 saturated heterocycles. The summed E-state index contributed by atoms with van der Waals surface area (Å²) in [5, 5.41) is 15.8. The molecule has 0 bridgehead atoms. The summed E-state index contributed by atoms with van der Waals surface area (Å²) in [6, 6.07) is 15.1. The number of hydrogen-bond donors (Lipinski definition) is 1. The third-order valence-electron chi connectivity index (χ3n) is 3.53. The van der Waals surface area contributed by atoms with Gasteiger partial charge in [0.2, 0.25) is 11.7 Å². The van der Waals surface area contributed by atoms with Gasteiger partial charge in [-0.3, -0.25) is 4.79 Å². The van der Waals surface area contributed by atoms with E-state index in [1.165, 1.54) is 4.80 Å². The molecule has 3 rings (SSSR count). The monoisotopic (exact) mass is 419 g/mol. The lowest BCUT2D eigenvalue weighted by atomic mass is 10.2. The smallest absolute Gasteiger partial charge is 0.222 e. The maximum atomic E-state index is 12.0. The highest BCUT2D eigenvalue weighted by atomic mass is 79.9. The van der Waals surface area contributed by atoms with E-state index >= 15 is 0 Å². The fraction of sp³-hybridized carbons (Fsp3) is 0.176. The van der Waals surface area contributed by atoms with Gasteiger partial charge in [0.1, 0.15) is 0 Å². The number of tetrazole rings is 1. The van der Waals surface area contributed by atoms with Gasteiger partial charge in [-0.2, -0.15) is 4.80 Å². The predicted molar refractivity (Wildman–Crippen MR) is 98.9 cm³/mol. The molecule has 0 atom stereocenters. The Morgan fingerprint density at radius 1 is 1.16 bits per heavy atom. The number of carbonyl (C=O) groups is 1. The van der Waals surface area contributed by atoms with Crippen LogP contribution < -0.4 is 5.32 Å². The number of carbonyl (C=O) groups excluding carboxylic acids is 1. The van der Waals surface area contributed by atoms with E-state index in [0.717, 1.165) is 15.6 Å². The molecule has 0 aliphatic rings. The highest BCUT2D eigenvalue weighted by Crippen LogP contribution is 2.17. The molecule has 8 heteroatoms. The predicted octanol–water partition coefficient (Wildman–Crippen LogP) is 3.46. The van der Waals surface area contributed by atoms with Crippen molar-refractivity contribution >= 4 is 33.4 Å². The standard InChI is InChI=1S/C17H15BrClN5O/c18-14-7-5-12(6-8-14)17-21-23-24(22-17)10-9-16(25)20-11-13-3-1-2-4-15(13)19/h1-8H,9-11H2,(H,20,25). The van der Waals surface area contributed by atoms with Crippen molar-refractivity contribution in [3.05, 3.63) is 63.6 Å². The van der Waals surface area contributed by atoms with Crippen LogP contribution in [0.4, 0.5) is 0 Å². The number of amides is 1. The van der Waals surface area contributed by atoms with Gasteiger partial charge in [0.25, 0.3) is 0 Å². The fourth-order valence-electron chi connectivity index (χ4n) is 2.18. The van der Waals surface area contributed by atoms with Gasteiger partial charge in [-0.05, 0) is 41.1 Å². The zero-order chi connectivity index (χ0) is 17.6. The van der Waals surface area contributed by atoms with Crippen LogP contribution >= 0.6 is 27.5 Å². The van der Waals surface area contributed by atoms with Crippen molar-refractivity contribution in [2.75, 3.05) is 0 Å². The summed E-state index contributed by atoms with van der Waals surface area (Å²) >= 11 is 9.45. The second-order valence-corrected chi connectivity index (χ2v) is 6.66. The lowest BCUT2D eigenvalue weighted by Crippen LogP contribution is -2.24. The molecule has 128 valence electrons. The van der Waals surface area contributed by atoms with Gasteiger partial charge in [-0.25, -0.2) is 0 Å². The number of halogens is 2. The number of nitrogens with one attached hydrogen (secondary N) is 1. The van der Waals surface area contributed by atoms with Crippen LogP contribution in [0.2, 0.25) is 5.02 Å². The van der Waals surface area contributed by atoms with Crippen molar-refractivity contribution in [1.82, 2.24) is 25.5 Å². The van der Waals surface area contributed by atoms with Gasteiger partial charge in [0, 0.05) is 28.0 Å². The molecule has 0 aliphatic carbocycles. The van der Waals surface area contributed by atoms with Crippen LogP contribution in [0, 0.1) is 0 Å². The summed E-state index contributed by atoms with van der Waals surface area (Å²) in [6.45, 7) is 0.755. The average Bonchev–Trinajstić information content (AvgIpc) is 3.09. The van der Waals surface area contributed by atoms with E-state index in [-0.39, 0.29) is 12.3 Å². The van der Waals surface area contributed by atoms with Gasteiger partial charge in [-0.15, -0.1) is 10.2 Å². The van der Waals surface area contributed by atoms with Crippen LogP contribution in [-0.4, -0.2) is 26.1 Å². The lowest BCUT2D eigenvalue weighted by molar-refractivity contribution is -0.121. The normalized spacial score (nSPS) is 10.6. The van der Waals surface area contributed by atoms with Crippen molar-refractivity contribution in [2.45, 2.75) is 19.5 Å². The first-order valence-corrected chi connectivity index (χ1v) is 8.83. The van der Waals surface area contributed by atoms with E-state index in [9.17, 15) is 4.79 Å². The van der Waals surface area contributed by atoms with Crippen LogP contribution in [0.15, 0.2) is 53.0 Å². The number of benzene rings is 2. The molecular formula is C17H15BrClN5O. The first-order chi connectivity index (χ1) is 12.1. The minimum atomic E-state index is -0.0950. The minimum Gasteiger partial charge on any atom is -0.352 e. The van der Waals surface area contributed by atoms with Crippen molar-refractivity contribution in [2.24, 2.45) is 0 Å². The van der Waals surface area contributed by atoms with Gasteiger partial charge in [-0.1, -0.05) is 45.7 Å². The molecule has 0 radical (unpaired) electrons. The zero-order valence-corrected chi connectivity index (χ0v) is 15.5. The van der Waals surface area contributed by atoms with Crippen molar-refractivity contribution in [3.8, 4) is 11.4 Å². The second kappa shape index (κ2) is 8.22. The maximum Gasteiger partial charge on any atom is 0.222 e. The summed E-state index contributed by atoms with van der Waals surface area (Å²) in [6.07, 6.45) is 0.264. The number of hydrogen-bond acceptors (Lipinski definition) is 4. The van der Waals surface area contributed by atoms with Crippen molar-refractivity contribution in [3.63, 3.8) is 0 Å². The molecule has 1 N–H and O–H groups in total. The van der Waals surface area contributed by atoms with Crippen LogP contribution in [-0.2, 0) is 17.9 Å². The molecule has 1 aromatic heterocycles. The van der Waals surface area contributed by atoms with E-state index in [2.05, 4.69) is 36.7 Å².